The van der Waals surface area contributed by atoms with Crippen LogP contribution in [0.2, 0.25) is 0 Å². The molecule has 0 spiro atoms. The minimum absolute atomic E-state index is 0.750. The maximum absolute atomic E-state index is 10.6. The number of rotatable bonds is 16. The zero-order chi connectivity index (χ0) is 25.0. The molecule has 0 saturated carbocycles. The molecule has 0 amide bonds. The van der Waals surface area contributed by atoms with Crippen LogP contribution in [0.15, 0.2) is 55.1 Å². The summed E-state index contributed by atoms with van der Waals surface area (Å²) < 4.78 is 0. The first-order chi connectivity index (χ1) is 16.6. The van der Waals surface area contributed by atoms with E-state index in [4.69, 9.17) is 0 Å². The van der Waals surface area contributed by atoms with Crippen LogP contribution in [0.5, 0.6) is 0 Å². The molecular weight excluding hydrogens is 416 g/mol. The number of hydrogen-bond donors (Lipinski definition) is 0. The summed E-state index contributed by atoms with van der Waals surface area (Å²) in [6.45, 7) is 17.3. The van der Waals surface area contributed by atoms with Crippen LogP contribution >= 0.6 is 0 Å². The van der Waals surface area contributed by atoms with Crippen LogP contribution in [0.4, 0.5) is 11.4 Å². The van der Waals surface area contributed by atoms with Gasteiger partial charge in [-0.25, -0.2) is 0 Å². The Balaban J connectivity index is 0.000000340. The lowest BCUT2D eigenvalue weighted by molar-refractivity contribution is 0.112. The molecule has 0 unspecified atom stereocenters. The standard InChI is InChI=1S/C16H25N.C15H23NO/c1-4-7-13-17(14-8-5-2)16-11-9-15(6-3)10-12-16;1-3-5-11-16(12-6-4-2)15-9-7-14(13-17)8-10-15/h6,9-12H,3-5,7-8,13-14H2,1-2H3;7-10,13H,3-6,11-12H2,1-2H3. The highest BCUT2D eigenvalue weighted by atomic mass is 16.1. The van der Waals surface area contributed by atoms with E-state index < -0.39 is 0 Å². The van der Waals surface area contributed by atoms with Crippen molar-refractivity contribution >= 4 is 23.7 Å². The number of nitrogens with zero attached hydrogens (tertiary/aromatic N) is 2. The molecule has 3 nitrogen and oxygen atoms in total. The lowest BCUT2D eigenvalue weighted by Gasteiger charge is -2.24. The summed E-state index contributed by atoms with van der Waals surface area (Å²) in [6.07, 6.45) is 12.7. The lowest BCUT2D eigenvalue weighted by atomic mass is 10.1. The van der Waals surface area contributed by atoms with Gasteiger partial charge in [0.25, 0.3) is 0 Å². The molecule has 0 N–H and O–H groups in total. The number of anilines is 2. The van der Waals surface area contributed by atoms with Gasteiger partial charge in [-0.3, -0.25) is 4.79 Å². The van der Waals surface area contributed by atoms with Gasteiger partial charge in [-0.05, 0) is 67.6 Å². The van der Waals surface area contributed by atoms with Gasteiger partial charge < -0.3 is 9.80 Å². The third kappa shape index (κ3) is 11.5. The van der Waals surface area contributed by atoms with Crippen molar-refractivity contribution < 1.29 is 4.79 Å². The van der Waals surface area contributed by atoms with Crippen molar-refractivity contribution in [2.75, 3.05) is 36.0 Å². The lowest BCUT2D eigenvalue weighted by Crippen LogP contribution is -2.25. The van der Waals surface area contributed by atoms with Crippen LogP contribution in [-0.4, -0.2) is 32.5 Å². The van der Waals surface area contributed by atoms with Gasteiger partial charge in [-0.15, -0.1) is 0 Å². The van der Waals surface area contributed by atoms with Crippen molar-refractivity contribution in [3.63, 3.8) is 0 Å². The summed E-state index contributed by atoms with van der Waals surface area (Å²) >= 11 is 0. The maximum Gasteiger partial charge on any atom is 0.150 e. The van der Waals surface area contributed by atoms with Gasteiger partial charge in [0.1, 0.15) is 6.29 Å². The highest BCUT2D eigenvalue weighted by Gasteiger charge is 2.06. The molecule has 0 heterocycles. The smallest absolute Gasteiger partial charge is 0.150 e. The van der Waals surface area contributed by atoms with Gasteiger partial charge in [0.15, 0.2) is 0 Å². The molecule has 0 fully saturated rings. The molecule has 0 bridgehead atoms. The molecule has 0 saturated heterocycles. The van der Waals surface area contributed by atoms with Crippen molar-refractivity contribution in [2.24, 2.45) is 0 Å². The summed E-state index contributed by atoms with van der Waals surface area (Å²) in [5.41, 5.74) is 4.52. The minimum atomic E-state index is 0.750. The molecular formula is C31H48N2O. The fraction of sp³-hybridized carbons (Fsp3) is 0.516. The molecule has 0 aliphatic carbocycles. The average molecular weight is 465 g/mol. The average Bonchev–Trinajstić information content (AvgIpc) is 2.89. The van der Waals surface area contributed by atoms with E-state index in [1.165, 1.54) is 81.4 Å². The Morgan fingerprint density at radius 2 is 0.912 bits per heavy atom. The van der Waals surface area contributed by atoms with Gasteiger partial charge in [-0.2, -0.15) is 0 Å². The van der Waals surface area contributed by atoms with Crippen LogP contribution in [-0.2, 0) is 0 Å². The monoisotopic (exact) mass is 464 g/mol. The number of carbonyl (C=O) groups excluding carboxylic acids is 1. The fourth-order valence-electron chi connectivity index (χ4n) is 3.72. The van der Waals surface area contributed by atoms with E-state index in [2.05, 4.69) is 80.5 Å². The van der Waals surface area contributed by atoms with E-state index >= 15 is 0 Å². The highest BCUT2D eigenvalue weighted by Crippen LogP contribution is 2.18. The summed E-state index contributed by atoms with van der Waals surface area (Å²) in [7, 11) is 0. The van der Waals surface area contributed by atoms with Crippen molar-refractivity contribution in [1.29, 1.82) is 0 Å². The Morgan fingerprint density at radius 3 is 1.18 bits per heavy atom. The predicted octanol–water partition coefficient (Wildman–Crippen LogP) is 8.64. The fourth-order valence-corrected chi connectivity index (χ4v) is 3.72. The van der Waals surface area contributed by atoms with Crippen LogP contribution in [0.1, 0.15) is 95.0 Å². The Labute approximate surface area is 209 Å². The number of unbranched alkanes of at least 4 members (excludes halogenated alkanes) is 4. The second-order valence-electron chi connectivity index (χ2n) is 8.89. The largest absolute Gasteiger partial charge is 0.372 e. The summed E-state index contributed by atoms with van der Waals surface area (Å²) in [4.78, 5) is 15.5. The molecule has 0 atom stereocenters. The zero-order valence-corrected chi connectivity index (χ0v) is 22.3. The summed E-state index contributed by atoms with van der Waals surface area (Å²) in [5.74, 6) is 0. The quantitative estimate of drug-likeness (QED) is 0.232. The van der Waals surface area contributed by atoms with Crippen molar-refractivity contribution in [1.82, 2.24) is 0 Å². The second kappa shape index (κ2) is 18.8. The molecule has 0 aliphatic heterocycles. The molecule has 0 radical (unpaired) electrons. The predicted molar refractivity (Wildman–Crippen MR) is 152 cm³/mol. The topological polar surface area (TPSA) is 23.6 Å². The molecule has 0 aromatic heterocycles. The van der Waals surface area contributed by atoms with E-state index in [1.807, 2.05) is 18.2 Å². The third-order valence-electron chi connectivity index (χ3n) is 6.01. The second-order valence-corrected chi connectivity index (χ2v) is 8.89. The van der Waals surface area contributed by atoms with Gasteiger partial charge in [-0.1, -0.05) is 78.2 Å². The van der Waals surface area contributed by atoms with E-state index in [0.717, 1.165) is 24.9 Å². The first-order valence-corrected chi connectivity index (χ1v) is 13.4. The third-order valence-corrected chi connectivity index (χ3v) is 6.01. The van der Waals surface area contributed by atoms with E-state index in [1.54, 1.807) is 0 Å². The van der Waals surface area contributed by atoms with Gasteiger partial charge in [0.05, 0.1) is 0 Å². The Morgan fingerprint density at radius 1 is 0.588 bits per heavy atom. The Bertz CT molecular complexity index is 684. The van der Waals surface area contributed by atoms with Crippen LogP contribution in [0.3, 0.4) is 0 Å². The first-order valence-electron chi connectivity index (χ1n) is 13.4. The summed E-state index contributed by atoms with van der Waals surface area (Å²) in [5, 5.41) is 0. The van der Waals surface area contributed by atoms with Gasteiger partial charge >= 0.3 is 0 Å². The normalized spacial score (nSPS) is 10.2. The van der Waals surface area contributed by atoms with E-state index in [9.17, 15) is 4.79 Å². The molecule has 2 rings (SSSR count). The summed E-state index contributed by atoms with van der Waals surface area (Å²) in [6, 6.07) is 16.6. The number of carbonyl (C=O) groups is 1. The Kier molecular flexibility index (Phi) is 16.3. The molecule has 2 aromatic carbocycles. The number of benzene rings is 2. The van der Waals surface area contributed by atoms with Gasteiger partial charge in [0.2, 0.25) is 0 Å². The van der Waals surface area contributed by atoms with Crippen LogP contribution in [0, 0.1) is 0 Å². The molecule has 34 heavy (non-hydrogen) atoms. The maximum atomic E-state index is 10.6. The molecule has 3 heteroatoms. The zero-order valence-electron chi connectivity index (χ0n) is 22.3. The highest BCUT2D eigenvalue weighted by molar-refractivity contribution is 5.75. The van der Waals surface area contributed by atoms with Gasteiger partial charge in [0, 0.05) is 43.1 Å². The van der Waals surface area contributed by atoms with E-state index in [-0.39, 0.29) is 0 Å². The first kappa shape index (κ1) is 29.5. The minimum Gasteiger partial charge on any atom is -0.372 e. The molecule has 188 valence electrons. The van der Waals surface area contributed by atoms with Crippen LogP contribution < -0.4 is 9.80 Å². The SMILES string of the molecule is C=Cc1ccc(N(CCCC)CCCC)cc1.CCCCN(CCCC)c1ccc(C=O)cc1. The van der Waals surface area contributed by atoms with E-state index in [0.29, 0.717) is 0 Å². The van der Waals surface area contributed by atoms with Crippen LogP contribution in [0.25, 0.3) is 6.08 Å². The molecule has 2 aromatic rings. The Hall–Kier alpha value is -2.55. The van der Waals surface area contributed by atoms with Crippen molar-refractivity contribution in [3.8, 4) is 0 Å². The van der Waals surface area contributed by atoms with Crippen molar-refractivity contribution in [2.45, 2.75) is 79.1 Å². The number of hydrogen-bond acceptors (Lipinski definition) is 3. The molecule has 0 aliphatic rings. The number of aldehydes is 1. The van der Waals surface area contributed by atoms with Crippen molar-refractivity contribution in [3.05, 3.63) is 66.2 Å².